The number of hydrogen-bond donors (Lipinski definition) is 0. The number of nitrogens with zero attached hydrogens (tertiary/aromatic N) is 1. The van der Waals surface area contributed by atoms with Crippen molar-refractivity contribution in [3.05, 3.63) is 60.7 Å². The summed E-state index contributed by atoms with van der Waals surface area (Å²) >= 11 is 0. The minimum Gasteiger partial charge on any atom is -0.448 e. The summed E-state index contributed by atoms with van der Waals surface area (Å²) in [5, 5.41) is 0. The van der Waals surface area contributed by atoms with Gasteiger partial charge in [-0.25, -0.2) is 0 Å². The van der Waals surface area contributed by atoms with Gasteiger partial charge in [-0.3, -0.25) is 0 Å². The van der Waals surface area contributed by atoms with Crippen LogP contribution in [0.3, 0.4) is 0 Å². The summed E-state index contributed by atoms with van der Waals surface area (Å²) in [5.74, 6) is 2.17. The third-order valence-corrected chi connectivity index (χ3v) is 10.5. The smallest absolute Gasteiger partial charge is 0.448 e. The Morgan fingerprint density at radius 1 is 0.500 bits per heavy atom. The lowest BCUT2D eigenvalue weighted by Gasteiger charge is -2.32. The van der Waals surface area contributed by atoms with Crippen molar-refractivity contribution in [3.8, 4) is 23.0 Å². The molecule has 8 rings (SSSR count). The second kappa shape index (κ2) is 10.1. The summed E-state index contributed by atoms with van der Waals surface area (Å²) in [6.07, 6.45) is 10.7. The van der Waals surface area contributed by atoms with Gasteiger partial charge in [0.2, 0.25) is 0 Å². The van der Waals surface area contributed by atoms with E-state index in [1.165, 1.54) is 12.8 Å². The molecule has 230 valence electrons. The SMILES string of the molecule is CC1(C)OB(c2ccc(N(c3ccc4c(c3)OC3(CCCCC3)O4)c3ccc4c(c3)OC3(CCCCC3)O4)cc2)OC1(C)C. The maximum absolute atomic E-state index is 6.55. The van der Waals surface area contributed by atoms with Crippen LogP contribution in [0.1, 0.15) is 91.9 Å². The lowest BCUT2D eigenvalue weighted by molar-refractivity contribution is -0.105. The van der Waals surface area contributed by atoms with Gasteiger partial charge in [0.1, 0.15) is 0 Å². The molecule has 0 aromatic heterocycles. The van der Waals surface area contributed by atoms with Crippen molar-refractivity contribution >= 4 is 29.6 Å². The van der Waals surface area contributed by atoms with Crippen molar-refractivity contribution in [2.75, 3.05) is 4.90 Å². The van der Waals surface area contributed by atoms with Gasteiger partial charge in [0.05, 0.1) is 22.6 Å². The molecule has 2 spiro atoms. The predicted octanol–water partition coefficient (Wildman–Crippen LogP) is 8.32. The summed E-state index contributed by atoms with van der Waals surface area (Å²) in [5.41, 5.74) is 3.16. The van der Waals surface area contributed by atoms with E-state index in [9.17, 15) is 0 Å². The quantitative estimate of drug-likeness (QED) is 0.281. The molecule has 1 saturated heterocycles. The first kappa shape index (κ1) is 28.1. The Morgan fingerprint density at radius 2 is 0.909 bits per heavy atom. The maximum Gasteiger partial charge on any atom is 0.494 e. The molecule has 3 fully saturated rings. The van der Waals surface area contributed by atoms with Gasteiger partial charge in [0.25, 0.3) is 11.6 Å². The first-order valence-electron chi connectivity index (χ1n) is 16.4. The zero-order chi connectivity index (χ0) is 30.2. The molecule has 0 bridgehead atoms. The van der Waals surface area contributed by atoms with Crippen LogP contribution in [0, 0.1) is 0 Å². The van der Waals surface area contributed by atoms with Gasteiger partial charge in [0.15, 0.2) is 23.0 Å². The number of hydrogen-bond acceptors (Lipinski definition) is 7. The van der Waals surface area contributed by atoms with Gasteiger partial charge in [-0.1, -0.05) is 25.0 Å². The highest BCUT2D eigenvalue weighted by Crippen LogP contribution is 2.51. The maximum atomic E-state index is 6.55. The van der Waals surface area contributed by atoms with Gasteiger partial charge in [-0.15, -0.1) is 0 Å². The molecule has 8 heteroatoms. The van der Waals surface area contributed by atoms with Gasteiger partial charge >= 0.3 is 7.12 Å². The molecular weight excluding hydrogens is 553 g/mol. The van der Waals surface area contributed by atoms with Crippen LogP contribution in [0.2, 0.25) is 0 Å². The molecule has 0 N–H and O–H groups in total. The lowest BCUT2D eigenvalue weighted by Crippen LogP contribution is -2.41. The zero-order valence-electron chi connectivity index (χ0n) is 26.3. The van der Waals surface area contributed by atoms with E-state index in [0.29, 0.717) is 0 Å². The highest BCUT2D eigenvalue weighted by atomic mass is 16.7. The van der Waals surface area contributed by atoms with Crippen molar-refractivity contribution in [1.82, 2.24) is 0 Å². The fourth-order valence-corrected chi connectivity index (χ4v) is 7.24. The van der Waals surface area contributed by atoms with Crippen LogP contribution in [0.5, 0.6) is 23.0 Å². The normalized spacial score (nSPS) is 23.3. The molecule has 7 nitrogen and oxygen atoms in total. The van der Waals surface area contributed by atoms with E-state index in [1.807, 2.05) is 12.1 Å². The van der Waals surface area contributed by atoms with Gasteiger partial charge < -0.3 is 33.2 Å². The predicted molar refractivity (Wildman–Crippen MR) is 171 cm³/mol. The molecule has 0 atom stereocenters. The number of anilines is 3. The Bertz CT molecular complexity index is 1460. The first-order valence-corrected chi connectivity index (χ1v) is 16.4. The molecule has 0 unspecified atom stereocenters. The van der Waals surface area contributed by atoms with Crippen LogP contribution in [0.15, 0.2) is 60.7 Å². The van der Waals surface area contributed by atoms with E-state index in [4.69, 9.17) is 28.3 Å². The number of fused-ring (bicyclic) bond motifs is 2. The van der Waals surface area contributed by atoms with Crippen molar-refractivity contribution in [2.45, 2.75) is 115 Å². The number of rotatable bonds is 4. The van der Waals surface area contributed by atoms with E-state index in [2.05, 4.69) is 81.1 Å². The Kier molecular flexibility index (Phi) is 6.45. The number of ether oxygens (including phenoxy) is 4. The minimum absolute atomic E-state index is 0.396. The largest absolute Gasteiger partial charge is 0.494 e. The van der Waals surface area contributed by atoms with E-state index in [1.54, 1.807) is 0 Å². The second-order valence-corrected chi connectivity index (χ2v) is 14.1. The third kappa shape index (κ3) is 4.73. The summed E-state index contributed by atoms with van der Waals surface area (Å²) < 4.78 is 38.6. The van der Waals surface area contributed by atoms with E-state index >= 15 is 0 Å². The van der Waals surface area contributed by atoms with Crippen molar-refractivity contribution in [3.63, 3.8) is 0 Å². The first-order chi connectivity index (χ1) is 21.1. The second-order valence-electron chi connectivity index (χ2n) is 14.1. The average molecular weight is 596 g/mol. The Labute approximate surface area is 260 Å². The molecule has 2 aliphatic carbocycles. The molecule has 3 aliphatic heterocycles. The van der Waals surface area contributed by atoms with E-state index < -0.39 is 29.9 Å². The number of benzene rings is 3. The summed E-state index contributed by atoms with van der Waals surface area (Å²) in [7, 11) is -0.419. The lowest BCUT2D eigenvalue weighted by atomic mass is 9.79. The van der Waals surface area contributed by atoms with Crippen LogP contribution in [-0.2, 0) is 9.31 Å². The van der Waals surface area contributed by atoms with Crippen LogP contribution in [-0.4, -0.2) is 29.9 Å². The molecule has 0 amide bonds. The van der Waals surface area contributed by atoms with Crippen molar-refractivity contribution in [2.24, 2.45) is 0 Å². The van der Waals surface area contributed by atoms with Gasteiger partial charge in [-0.2, -0.15) is 0 Å². The fourth-order valence-electron chi connectivity index (χ4n) is 7.24. The average Bonchev–Trinajstić information content (AvgIpc) is 3.60. The highest BCUT2D eigenvalue weighted by molar-refractivity contribution is 6.62. The van der Waals surface area contributed by atoms with Gasteiger partial charge in [-0.05, 0) is 95.2 Å². The van der Waals surface area contributed by atoms with Crippen LogP contribution in [0.25, 0.3) is 0 Å². The third-order valence-electron chi connectivity index (χ3n) is 10.5. The Hall–Kier alpha value is -3.36. The molecule has 3 aromatic carbocycles. The molecule has 5 aliphatic rings. The topological polar surface area (TPSA) is 58.6 Å². The monoisotopic (exact) mass is 595 g/mol. The van der Waals surface area contributed by atoms with Crippen LogP contribution < -0.4 is 29.3 Å². The summed E-state index contributed by atoms with van der Waals surface area (Å²) in [6, 6.07) is 21.0. The van der Waals surface area contributed by atoms with Gasteiger partial charge in [0, 0.05) is 43.5 Å². The molecule has 3 aromatic rings. The zero-order valence-corrected chi connectivity index (χ0v) is 26.3. The molecule has 0 radical (unpaired) electrons. The van der Waals surface area contributed by atoms with Crippen LogP contribution >= 0.6 is 0 Å². The standard InChI is InChI=1S/C36H42BNO6/c1-33(2)34(3,4)44-37(43-33)25-11-13-26(14-12-25)38(27-15-17-29-31(23-27)41-35(39-29)19-7-5-8-20-35)28-16-18-30-32(24-28)42-36(40-30)21-9-6-10-22-36/h11-18,23-24H,5-10,19-22H2,1-4H3. The van der Waals surface area contributed by atoms with E-state index in [0.717, 1.165) is 96.9 Å². The van der Waals surface area contributed by atoms with Crippen molar-refractivity contribution < 1.29 is 28.3 Å². The fraction of sp³-hybridized carbons (Fsp3) is 0.500. The highest BCUT2D eigenvalue weighted by Gasteiger charge is 2.52. The van der Waals surface area contributed by atoms with Crippen LogP contribution in [0.4, 0.5) is 17.1 Å². The Balaban J connectivity index is 1.14. The molecule has 2 saturated carbocycles. The van der Waals surface area contributed by atoms with Crippen molar-refractivity contribution in [1.29, 1.82) is 0 Å². The Morgan fingerprint density at radius 3 is 1.36 bits per heavy atom. The summed E-state index contributed by atoms with van der Waals surface area (Å²) in [4.78, 5) is 2.24. The van der Waals surface area contributed by atoms with E-state index in [-0.39, 0.29) is 0 Å². The molecular formula is C36H42BNO6. The minimum atomic E-state index is -0.526. The molecule has 44 heavy (non-hydrogen) atoms. The molecule has 3 heterocycles. The summed E-state index contributed by atoms with van der Waals surface area (Å²) in [6.45, 7) is 8.32.